The first-order chi connectivity index (χ1) is 7.79. The lowest BCUT2D eigenvalue weighted by molar-refractivity contribution is 0.0791. The molecule has 1 aliphatic heterocycles. The fourth-order valence-corrected chi connectivity index (χ4v) is 2.22. The fraction of sp³-hybridized carbons (Fsp3) is 0.538. The highest BCUT2D eigenvalue weighted by Crippen LogP contribution is 2.20. The summed E-state index contributed by atoms with van der Waals surface area (Å²) in [6.45, 7) is 1.83. The SMILES string of the molecule is COc1cccc(CC2CNCCC2O)c1. The van der Waals surface area contributed by atoms with Gasteiger partial charge in [-0.3, -0.25) is 0 Å². The summed E-state index contributed by atoms with van der Waals surface area (Å²) < 4.78 is 5.19. The Balaban J connectivity index is 2.01. The molecule has 0 saturated carbocycles. The van der Waals surface area contributed by atoms with Crippen LogP contribution >= 0.6 is 0 Å². The van der Waals surface area contributed by atoms with Crippen LogP contribution in [0.4, 0.5) is 0 Å². The molecule has 0 amide bonds. The van der Waals surface area contributed by atoms with Gasteiger partial charge < -0.3 is 15.2 Å². The van der Waals surface area contributed by atoms with Crippen molar-refractivity contribution in [3.05, 3.63) is 29.8 Å². The molecule has 1 heterocycles. The van der Waals surface area contributed by atoms with Gasteiger partial charge in [-0.05, 0) is 37.1 Å². The maximum Gasteiger partial charge on any atom is 0.119 e. The van der Waals surface area contributed by atoms with Gasteiger partial charge in [0.2, 0.25) is 0 Å². The normalized spacial score (nSPS) is 25.4. The highest BCUT2D eigenvalue weighted by Gasteiger charge is 2.22. The lowest BCUT2D eigenvalue weighted by Gasteiger charge is -2.28. The Morgan fingerprint density at radius 2 is 2.38 bits per heavy atom. The van der Waals surface area contributed by atoms with Crippen LogP contribution in [-0.2, 0) is 6.42 Å². The number of methoxy groups -OCH3 is 1. The van der Waals surface area contributed by atoms with Crippen LogP contribution in [-0.4, -0.2) is 31.4 Å². The number of hydrogen-bond acceptors (Lipinski definition) is 3. The van der Waals surface area contributed by atoms with E-state index in [9.17, 15) is 5.11 Å². The molecule has 16 heavy (non-hydrogen) atoms. The van der Waals surface area contributed by atoms with Crippen molar-refractivity contribution in [1.82, 2.24) is 5.32 Å². The summed E-state index contributed by atoms with van der Waals surface area (Å²) >= 11 is 0. The van der Waals surface area contributed by atoms with Crippen molar-refractivity contribution in [2.75, 3.05) is 20.2 Å². The van der Waals surface area contributed by atoms with Gasteiger partial charge >= 0.3 is 0 Å². The summed E-state index contributed by atoms with van der Waals surface area (Å²) in [6.07, 6.45) is 1.59. The third-order valence-corrected chi connectivity index (χ3v) is 3.20. The zero-order valence-corrected chi connectivity index (χ0v) is 9.65. The van der Waals surface area contributed by atoms with E-state index in [1.165, 1.54) is 5.56 Å². The maximum absolute atomic E-state index is 9.89. The average molecular weight is 221 g/mol. The Bertz CT molecular complexity index is 340. The molecule has 88 valence electrons. The molecule has 0 aromatic heterocycles. The number of aliphatic hydroxyl groups is 1. The van der Waals surface area contributed by atoms with Gasteiger partial charge in [0.05, 0.1) is 13.2 Å². The van der Waals surface area contributed by atoms with Crippen LogP contribution in [0.5, 0.6) is 5.75 Å². The molecule has 1 aromatic rings. The number of benzene rings is 1. The van der Waals surface area contributed by atoms with E-state index in [1.807, 2.05) is 18.2 Å². The number of ether oxygens (including phenoxy) is 1. The van der Waals surface area contributed by atoms with Gasteiger partial charge in [0.15, 0.2) is 0 Å². The van der Waals surface area contributed by atoms with E-state index in [0.717, 1.165) is 31.7 Å². The Morgan fingerprint density at radius 3 is 3.12 bits per heavy atom. The second-order valence-electron chi connectivity index (χ2n) is 4.38. The number of piperidine rings is 1. The molecule has 0 aliphatic carbocycles. The Hall–Kier alpha value is -1.06. The lowest BCUT2D eigenvalue weighted by atomic mass is 9.90. The van der Waals surface area contributed by atoms with Crippen molar-refractivity contribution in [3.63, 3.8) is 0 Å². The van der Waals surface area contributed by atoms with Crippen LogP contribution in [0.2, 0.25) is 0 Å². The first-order valence-corrected chi connectivity index (χ1v) is 5.81. The molecule has 0 bridgehead atoms. The molecule has 3 heteroatoms. The lowest BCUT2D eigenvalue weighted by Crippen LogP contribution is -2.40. The molecular formula is C13H19NO2. The standard InChI is InChI=1S/C13H19NO2/c1-16-12-4-2-3-10(8-12)7-11-9-14-6-5-13(11)15/h2-4,8,11,13-15H,5-7,9H2,1H3. The van der Waals surface area contributed by atoms with Crippen LogP contribution < -0.4 is 10.1 Å². The number of aliphatic hydroxyl groups excluding tert-OH is 1. The van der Waals surface area contributed by atoms with Gasteiger partial charge in [-0.15, -0.1) is 0 Å². The summed E-state index contributed by atoms with van der Waals surface area (Å²) in [5.74, 6) is 1.21. The van der Waals surface area contributed by atoms with Crippen molar-refractivity contribution < 1.29 is 9.84 Å². The van der Waals surface area contributed by atoms with Crippen LogP contribution in [0, 0.1) is 5.92 Å². The molecule has 1 aliphatic rings. The minimum atomic E-state index is -0.174. The molecule has 1 aromatic carbocycles. The highest BCUT2D eigenvalue weighted by molar-refractivity contribution is 5.28. The van der Waals surface area contributed by atoms with Gasteiger partial charge in [-0.25, -0.2) is 0 Å². The average Bonchev–Trinajstić information content (AvgIpc) is 2.32. The molecule has 1 saturated heterocycles. The molecule has 0 spiro atoms. The third kappa shape index (κ3) is 2.74. The second-order valence-corrected chi connectivity index (χ2v) is 4.38. The summed E-state index contributed by atoms with van der Waals surface area (Å²) in [7, 11) is 1.68. The number of nitrogens with one attached hydrogen (secondary N) is 1. The van der Waals surface area contributed by atoms with Crippen molar-refractivity contribution in [2.24, 2.45) is 5.92 Å². The summed E-state index contributed by atoms with van der Waals surface area (Å²) in [4.78, 5) is 0. The first-order valence-electron chi connectivity index (χ1n) is 5.81. The zero-order chi connectivity index (χ0) is 11.4. The summed E-state index contributed by atoms with van der Waals surface area (Å²) in [6, 6.07) is 8.07. The van der Waals surface area contributed by atoms with Crippen molar-refractivity contribution >= 4 is 0 Å². The minimum absolute atomic E-state index is 0.174. The summed E-state index contributed by atoms with van der Waals surface area (Å²) in [5.41, 5.74) is 1.23. The largest absolute Gasteiger partial charge is 0.497 e. The summed E-state index contributed by atoms with van der Waals surface area (Å²) in [5, 5.41) is 13.2. The molecule has 1 fully saturated rings. The Kier molecular flexibility index (Phi) is 3.80. The molecule has 2 N–H and O–H groups in total. The smallest absolute Gasteiger partial charge is 0.119 e. The fourth-order valence-electron chi connectivity index (χ4n) is 2.22. The van der Waals surface area contributed by atoms with Crippen LogP contribution in [0.25, 0.3) is 0 Å². The van der Waals surface area contributed by atoms with Crippen LogP contribution in [0.1, 0.15) is 12.0 Å². The van der Waals surface area contributed by atoms with E-state index >= 15 is 0 Å². The number of rotatable bonds is 3. The second kappa shape index (κ2) is 5.32. The van der Waals surface area contributed by atoms with E-state index < -0.39 is 0 Å². The van der Waals surface area contributed by atoms with Crippen molar-refractivity contribution in [2.45, 2.75) is 18.9 Å². The van der Waals surface area contributed by atoms with Gasteiger partial charge in [0, 0.05) is 12.5 Å². The first kappa shape index (κ1) is 11.4. The van der Waals surface area contributed by atoms with Crippen molar-refractivity contribution in [1.29, 1.82) is 0 Å². The monoisotopic (exact) mass is 221 g/mol. The predicted molar refractivity (Wildman–Crippen MR) is 63.7 cm³/mol. The Labute approximate surface area is 96.4 Å². The van der Waals surface area contributed by atoms with E-state index in [-0.39, 0.29) is 6.10 Å². The predicted octanol–water partition coefficient (Wildman–Crippen LogP) is 1.21. The molecule has 3 nitrogen and oxygen atoms in total. The molecule has 2 unspecified atom stereocenters. The van der Waals surface area contributed by atoms with Crippen molar-refractivity contribution in [3.8, 4) is 5.75 Å². The van der Waals surface area contributed by atoms with E-state index in [1.54, 1.807) is 7.11 Å². The minimum Gasteiger partial charge on any atom is -0.497 e. The third-order valence-electron chi connectivity index (χ3n) is 3.20. The quantitative estimate of drug-likeness (QED) is 0.806. The Morgan fingerprint density at radius 1 is 1.50 bits per heavy atom. The van der Waals surface area contributed by atoms with Gasteiger partial charge in [-0.2, -0.15) is 0 Å². The van der Waals surface area contributed by atoms with E-state index in [4.69, 9.17) is 4.74 Å². The zero-order valence-electron chi connectivity index (χ0n) is 9.65. The number of hydrogen-bond donors (Lipinski definition) is 2. The molecule has 2 rings (SSSR count). The highest BCUT2D eigenvalue weighted by atomic mass is 16.5. The molecule has 0 radical (unpaired) electrons. The maximum atomic E-state index is 9.89. The van der Waals surface area contributed by atoms with Gasteiger partial charge in [0.1, 0.15) is 5.75 Å². The van der Waals surface area contributed by atoms with E-state index in [2.05, 4.69) is 11.4 Å². The van der Waals surface area contributed by atoms with E-state index in [0.29, 0.717) is 5.92 Å². The topological polar surface area (TPSA) is 41.5 Å². The van der Waals surface area contributed by atoms with Crippen LogP contribution in [0.15, 0.2) is 24.3 Å². The molecule has 2 atom stereocenters. The van der Waals surface area contributed by atoms with Gasteiger partial charge in [-0.1, -0.05) is 12.1 Å². The van der Waals surface area contributed by atoms with Gasteiger partial charge in [0.25, 0.3) is 0 Å². The van der Waals surface area contributed by atoms with Crippen LogP contribution in [0.3, 0.4) is 0 Å². The molecular weight excluding hydrogens is 202 g/mol.